The third-order valence-electron chi connectivity index (χ3n) is 5.56. The van der Waals surface area contributed by atoms with Crippen LogP contribution in [0.4, 0.5) is 5.69 Å². The van der Waals surface area contributed by atoms with Crippen LogP contribution in [0.25, 0.3) is 0 Å². The minimum atomic E-state index is -0.461. The Kier molecular flexibility index (Phi) is 4.06. The molecule has 0 unspecified atom stereocenters. The van der Waals surface area contributed by atoms with Crippen LogP contribution in [-0.4, -0.2) is 30.6 Å². The van der Waals surface area contributed by atoms with Gasteiger partial charge in [-0.25, -0.2) is 0 Å². The van der Waals surface area contributed by atoms with E-state index in [1.54, 1.807) is 6.07 Å². The molecule has 2 bridgehead atoms. The Labute approximate surface area is 153 Å². The number of hydrogen-bond donors (Lipinski definition) is 1. The van der Waals surface area contributed by atoms with E-state index >= 15 is 0 Å². The minimum absolute atomic E-state index is 0.0183. The average Bonchev–Trinajstić information content (AvgIpc) is 3.17. The molecule has 25 heavy (non-hydrogen) atoms. The maximum Gasteiger partial charge on any atom is 0.310 e. The molecule has 0 spiro atoms. The van der Waals surface area contributed by atoms with Crippen molar-refractivity contribution in [2.45, 2.75) is 25.9 Å². The van der Waals surface area contributed by atoms with Crippen LogP contribution in [0.15, 0.2) is 22.7 Å². The van der Waals surface area contributed by atoms with Gasteiger partial charge in [0.25, 0.3) is 5.91 Å². The minimum Gasteiger partial charge on any atom is -0.462 e. The van der Waals surface area contributed by atoms with Gasteiger partial charge in [-0.2, -0.15) is 0 Å². The lowest BCUT2D eigenvalue weighted by atomic mass is 9.80. The van der Waals surface area contributed by atoms with Gasteiger partial charge >= 0.3 is 11.9 Å². The highest BCUT2D eigenvalue weighted by atomic mass is 79.9. The zero-order valence-corrected chi connectivity index (χ0v) is 15.2. The first-order chi connectivity index (χ1) is 11.9. The van der Waals surface area contributed by atoms with Crippen molar-refractivity contribution in [1.29, 1.82) is 0 Å². The Morgan fingerprint density at radius 1 is 1.36 bits per heavy atom. The lowest BCUT2D eigenvalue weighted by molar-refractivity contribution is -0.157. The SMILES string of the molecule is Cc1cc(Br)ccc1NC(=O)COC(=O)[C@@H]1[C@@H]2C[C@H]3[C@@H]1C(=O)O[C@@H]3C2. The topological polar surface area (TPSA) is 81.7 Å². The van der Waals surface area contributed by atoms with E-state index in [0.717, 1.165) is 22.9 Å². The van der Waals surface area contributed by atoms with Crippen molar-refractivity contribution in [3.8, 4) is 0 Å². The summed E-state index contributed by atoms with van der Waals surface area (Å²) in [6.45, 7) is 1.52. The molecule has 2 saturated carbocycles. The number of nitrogens with one attached hydrogen (secondary N) is 1. The number of aryl methyl sites for hydroxylation is 1. The van der Waals surface area contributed by atoms with E-state index in [2.05, 4.69) is 21.2 Å². The van der Waals surface area contributed by atoms with Crippen molar-refractivity contribution < 1.29 is 23.9 Å². The first-order valence-corrected chi connectivity index (χ1v) is 9.16. The molecule has 3 aliphatic rings. The number of halogens is 1. The summed E-state index contributed by atoms with van der Waals surface area (Å²) in [7, 11) is 0. The van der Waals surface area contributed by atoms with Gasteiger partial charge in [0, 0.05) is 16.1 Å². The number of hydrogen-bond acceptors (Lipinski definition) is 5. The summed E-state index contributed by atoms with van der Waals surface area (Å²) in [4.78, 5) is 36.4. The summed E-state index contributed by atoms with van der Waals surface area (Å²) >= 11 is 3.37. The molecule has 4 rings (SSSR count). The van der Waals surface area contributed by atoms with Crippen LogP contribution >= 0.6 is 15.9 Å². The Hall–Kier alpha value is -1.89. The molecule has 7 heteroatoms. The molecule has 0 aromatic heterocycles. The number of anilines is 1. The zero-order chi connectivity index (χ0) is 17.7. The largest absolute Gasteiger partial charge is 0.462 e. The molecule has 3 fully saturated rings. The highest BCUT2D eigenvalue weighted by Gasteiger charge is 2.64. The Bertz CT molecular complexity index is 762. The summed E-state index contributed by atoms with van der Waals surface area (Å²) < 4.78 is 11.4. The normalized spacial score (nSPS) is 31.8. The Balaban J connectivity index is 1.34. The number of benzene rings is 1. The summed E-state index contributed by atoms with van der Waals surface area (Å²) in [5.41, 5.74) is 1.58. The van der Waals surface area contributed by atoms with Gasteiger partial charge in [-0.15, -0.1) is 0 Å². The van der Waals surface area contributed by atoms with Crippen LogP contribution in [0.1, 0.15) is 18.4 Å². The molecule has 1 aromatic rings. The van der Waals surface area contributed by atoms with Crippen LogP contribution in [0.2, 0.25) is 0 Å². The second kappa shape index (κ2) is 6.12. The Morgan fingerprint density at radius 2 is 2.16 bits per heavy atom. The molecule has 1 aliphatic heterocycles. The zero-order valence-electron chi connectivity index (χ0n) is 13.7. The van der Waals surface area contributed by atoms with Crippen molar-refractivity contribution in [3.05, 3.63) is 28.2 Å². The molecule has 1 N–H and O–H groups in total. The van der Waals surface area contributed by atoms with Gasteiger partial charge in [0.2, 0.25) is 0 Å². The molecule has 2 aliphatic carbocycles. The lowest BCUT2D eigenvalue weighted by Gasteiger charge is -2.22. The fraction of sp³-hybridized carbons (Fsp3) is 0.500. The van der Waals surface area contributed by atoms with E-state index in [0.29, 0.717) is 5.69 Å². The molecule has 5 atom stereocenters. The van der Waals surface area contributed by atoms with Gasteiger partial charge in [0.15, 0.2) is 6.61 Å². The summed E-state index contributed by atoms with van der Waals surface area (Å²) in [5.74, 6) is -1.70. The Morgan fingerprint density at radius 3 is 2.92 bits per heavy atom. The maximum absolute atomic E-state index is 12.4. The van der Waals surface area contributed by atoms with E-state index in [1.807, 2.05) is 19.1 Å². The first-order valence-electron chi connectivity index (χ1n) is 8.37. The predicted octanol–water partition coefficient (Wildman–Crippen LogP) is 2.44. The van der Waals surface area contributed by atoms with Gasteiger partial charge in [0.05, 0.1) is 11.8 Å². The number of ether oxygens (including phenoxy) is 2. The maximum atomic E-state index is 12.4. The second-order valence-electron chi connectivity index (χ2n) is 7.04. The van der Waals surface area contributed by atoms with Gasteiger partial charge < -0.3 is 14.8 Å². The van der Waals surface area contributed by atoms with Crippen LogP contribution < -0.4 is 5.32 Å². The third-order valence-corrected chi connectivity index (χ3v) is 6.06. The summed E-state index contributed by atoms with van der Waals surface area (Å²) in [6.07, 6.45) is 1.55. The van der Waals surface area contributed by atoms with Crippen molar-refractivity contribution in [3.63, 3.8) is 0 Å². The number of carbonyl (C=O) groups is 3. The van der Waals surface area contributed by atoms with Crippen molar-refractivity contribution in [1.82, 2.24) is 0 Å². The second-order valence-corrected chi connectivity index (χ2v) is 7.95. The summed E-state index contributed by atoms with van der Waals surface area (Å²) in [6, 6.07) is 5.49. The fourth-order valence-corrected chi connectivity index (χ4v) is 4.99. The van der Waals surface area contributed by atoms with Gasteiger partial charge in [0.1, 0.15) is 6.10 Å². The van der Waals surface area contributed by atoms with Gasteiger partial charge in [-0.05, 0) is 49.4 Å². The number of carbonyl (C=O) groups excluding carboxylic acids is 3. The number of amides is 1. The molecule has 1 heterocycles. The van der Waals surface area contributed by atoms with E-state index in [4.69, 9.17) is 9.47 Å². The average molecular weight is 408 g/mol. The molecule has 6 nitrogen and oxygen atoms in total. The molecular formula is C18H18BrNO5. The van der Waals surface area contributed by atoms with Crippen LogP contribution in [-0.2, 0) is 23.9 Å². The monoisotopic (exact) mass is 407 g/mol. The van der Waals surface area contributed by atoms with E-state index in [1.165, 1.54) is 0 Å². The molecule has 0 radical (unpaired) electrons. The first kappa shape index (κ1) is 16.6. The third kappa shape index (κ3) is 2.84. The van der Waals surface area contributed by atoms with Crippen molar-refractivity contribution in [2.75, 3.05) is 11.9 Å². The summed E-state index contributed by atoms with van der Waals surface area (Å²) in [5, 5.41) is 2.73. The van der Waals surface area contributed by atoms with Gasteiger partial charge in [-0.3, -0.25) is 14.4 Å². The lowest BCUT2D eigenvalue weighted by Crippen LogP contribution is -2.35. The highest BCUT2D eigenvalue weighted by Crippen LogP contribution is 2.57. The quantitative estimate of drug-likeness (QED) is 0.775. The fourth-order valence-electron chi connectivity index (χ4n) is 4.51. The van der Waals surface area contributed by atoms with Crippen molar-refractivity contribution in [2.24, 2.45) is 23.7 Å². The smallest absolute Gasteiger partial charge is 0.310 e. The van der Waals surface area contributed by atoms with Crippen LogP contribution in [0.3, 0.4) is 0 Å². The molecule has 1 aromatic carbocycles. The molecule has 132 valence electrons. The predicted molar refractivity (Wildman–Crippen MR) is 91.5 cm³/mol. The standard InChI is InChI=1S/C18H18BrNO5/c1-8-4-10(19)2-3-12(8)20-14(21)7-24-17(22)15-9-5-11-13(6-9)25-18(23)16(11)15/h2-4,9,11,13,15-16H,5-7H2,1H3,(H,20,21)/t9-,11-,13-,15-,16+/m1/s1. The van der Waals surface area contributed by atoms with Crippen molar-refractivity contribution >= 4 is 39.5 Å². The number of esters is 2. The van der Waals surface area contributed by atoms with Crippen LogP contribution in [0, 0.1) is 30.6 Å². The van der Waals surface area contributed by atoms with E-state index < -0.39 is 17.8 Å². The molecular weight excluding hydrogens is 390 g/mol. The highest BCUT2D eigenvalue weighted by molar-refractivity contribution is 9.10. The number of rotatable bonds is 4. The van der Waals surface area contributed by atoms with Crippen LogP contribution in [0.5, 0.6) is 0 Å². The molecule has 1 saturated heterocycles. The van der Waals surface area contributed by atoms with E-state index in [9.17, 15) is 14.4 Å². The van der Waals surface area contributed by atoms with E-state index in [-0.39, 0.29) is 36.4 Å². The number of fused-ring (bicyclic) bond motifs is 1. The molecule has 1 amide bonds. The van der Waals surface area contributed by atoms with Gasteiger partial charge in [-0.1, -0.05) is 15.9 Å².